The number of carbonyl (C=O) groups is 1. The van der Waals surface area contributed by atoms with Crippen molar-refractivity contribution in [1.82, 2.24) is 9.97 Å². The predicted octanol–water partition coefficient (Wildman–Crippen LogP) is 9.25. The van der Waals surface area contributed by atoms with Crippen LogP contribution in [0.1, 0.15) is 79.8 Å². The van der Waals surface area contributed by atoms with Crippen LogP contribution in [0.3, 0.4) is 0 Å². The molecule has 0 bridgehead atoms. The van der Waals surface area contributed by atoms with Crippen molar-refractivity contribution >= 4 is 39.8 Å². The van der Waals surface area contributed by atoms with Gasteiger partial charge in [0, 0.05) is 38.0 Å². The first kappa shape index (κ1) is 46.4. The van der Waals surface area contributed by atoms with Gasteiger partial charge in [-0.25, -0.2) is 18.4 Å². The van der Waals surface area contributed by atoms with Crippen LogP contribution < -0.4 is 14.5 Å². The number of ether oxygens (including phenoxy) is 1. The zero-order valence-corrected chi connectivity index (χ0v) is 32.1. The summed E-state index contributed by atoms with van der Waals surface area (Å²) in [7, 11) is -3.40. The molecule has 1 heterocycles. The third kappa shape index (κ3) is 13.0. The molecule has 4 rings (SSSR count). The van der Waals surface area contributed by atoms with Crippen LogP contribution in [-0.2, 0) is 39.7 Å². The van der Waals surface area contributed by atoms with Crippen LogP contribution in [0.4, 0.5) is 51.1 Å². The molecule has 0 amide bonds. The molecule has 1 atom stereocenters. The van der Waals surface area contributed by atoms with E-state index in [1.807, 2.05) is 4.90 Å². The van der Waals surface area contributed by atoms with Gasteiger partial charge in [-0.3, -0.25) is 4.79 Å². The highest BCUT2D eigenvalue weighted by Gasteiger charge is 2.38. The van der Waals surface area contributed by atoms with E-state index < -0.39 is 69.2 Å². The number of sulfone groups is 1. The molecule has 20 heteroatoms. The Bertz CT molecular complexity index is 1860. The molecule has 1 unspecified atom stereocenters. The fourth-order valence-electron chi connectivity index (χ4n) is 6.58. The van der Waals surface area contributed by atoms with E-state index in [9.17, 15) is 57.8 Å². The summed E-state index contributed by atoms with van der Waals surface area (Å²) in [5, 5.41) is 9.19. The van der Waals surface area contributed by atoms with E-state index >= 15 is 0 Å². The molecular weight excluding hydrogens is 807 g/mol. The Kier molecular flexibility index (Phi) is 15.3. The average Bonchev–Trinajstić information content (AvgIpc) is 3.08. The fourth-order valence-corrected chi connectivity index (χ4v) is 6.97. The number of aliphatic carboxylic acids is 1. The smallest absolute Gasteiger partial charge is 0.416 e. The lowest BCUT2D eigenvalue weighted by molar-refractivity contribution is -0.143. The van der Waals surface area contributed by atoms with Crippen molar-refractivity contribution in [3.05, 3.63) is 76.6 Å². The molecule has 1 saturated carbocycles. The first-order chi connectivity index (χ1) is 25.4. The second-order valence-corrected chi connectivity index (χ2v) is 16.0. The molecule has 0 aliphatic heterocycles. The molecule has 1 fully saturated rings. The number of halogens is 10. The maximum atomic E-state index is 14.1. The highest BCUT2D eigenvalue weighted by molar-refractivity contribution is 7.90. The minimum atomic E-state index is -5.18. The van der Waals surface area contributed by atoms with E-state index in [0.717, 1.165) is 30.8 Å². The van der Waals surface area contributed by atoms with Crippen molar-refractivity contribution < 1.29 is 62.6 Å². The molecule has 0 saturated heterocycles. The average molecular weight is 849 g/mol. The van der Waals surface area contributed by atoms with Crippen LogP contribution in [0.15, 0.2) is 48.8 Å². The molecule has 1 aliphatic rings. The Balaban J connectivity index is 0.00000841. The maximum Gasteiger partial charge on any atom is 0.416 e. The first-order valence-corrected chi connectivity index (χ1v) is 19.4. The van der Waals surface area contributed by atoms with Crippen molar-refractivity contribution in [2.45, 2.75) is 77.1 Å². The minimum absolute atomic E-state index is 0. The van der Waals surface area contributed by atoms with E-state index in [-0.39, 0.29) is 66.4 Å². The van der Waals surface area contributed by atoms with Gasteiger partial charge in [0.05, 0.1) is 40.9 Å². The lowest BCUT2D eigenvalue weighted by Crippen LogP contribution is -2.34. The van der Waals surface area contributed by atoms with Gasteiger partial charge in [0.1, 0.15) is 6.61 Å². The second-order valence-electron chi connectivity index (χ2n) is 13.7. The molecule has 2 aromatic carbocycles. The van der Waals surface area contributed by atoms with Crippen LogP contribution in [0.2, 0.25) is 0 Å². The van der Waals surface area contributed by atoms with Gasteiger partial charge < -0.3 is 19.6 Å². The van der Waals surface area contributed by atoms with Crippen molar-refractivity contribution in [1.29, 1.82) is 0 Å². The van der Waals surface area contributed by atoms with Gasteiger partial charge in [0.15, 0.2) is 15.6 Å². The normalized spacial score (nSPS) is 17.1. The Morgan fingerprint density at radius 2 is 1.41 bits per heavy atom. The Morgan fingerprint density at radius 3 is 1.89 bits per heavy atom. The summed E-state index contributed by atoms with van der Waals surface area (Å²) in [4.78, 5) is 22.6. The number of anilines is 2. The van der Waals surface area contributed by atoms with Crippen molar-refractivity contribution in [3.63, 3.8) is 0 Å². The van der Waals surface area contributed by atoms with Gasteiger partial charge in [-0.1, -0.05) is 0 Å². The number of carboxylic acid groups (broad SMARTS) is 1. The Morgan fingerprint density at radius 1 is 0.875 bits per heavy atom. The third-order valence-corrected chi connectivity index (χ3v) is 10.4. The summed E-state index contributed by atoms with van der Waals surface area (Å²) in [6.45, 7) is 2.98. The molecule has 1 N–H and O–H groups in total. The van der Waals surface area contributed by atoms with Gasteiger partial charge in [-0.15, -0.1) is 12.4 Å². The zero-order valence-electron chi connectivity index (χ0n) is 30.5. The fraction of sp³-hybridized carbons (Fsp3) is 0.528. The monoisotopic (exact) mass is 848 g/mol. The lowest BCUT2D eigenvalue weighted by atomic mass is 9.80. The molecular formula is C36H42ClF9N4O5S. The van der Waals surface area contributed by atoms with Crippen LogP contribution in [0.25, 0.3) is 0 Å². The number of carboxylic acids is 1. The summed E-state index contributed by atoms with van der Waals surface area (Å²) in [5.41, 5.74) is -4.33. The summed E-state index contributed by atoms with van der Waals surface area (Å²) < 4.78 is 154. The maximum absolute atomic E-state index is 14.1. The number of hydrogen-bond donors (Lipinski definition) is 1. The molecule has 0 spiro atoms. The lowest BCUT2D eigenvalue weighted by Gasteiger charge is -2.36. The quantitative estimate of drug-likeness (QED) is 0.150. The van der Waals surface area contributed by atoms with E-state index in [0.29, 0.717) is 56.6 Å². The van der Waals surface area contributed by atoms with Crippen molar-refractivity contribution in [3.8, 4) is 5.75 Å². The summed E-state index contributed by atoms with van der Waals surface area (Å²) in [6, 6.07) is 2.68. The van der Waals surface area contributed by atoms with Crippen LogP contribution in [0, 0.1) is 11.8 Å². The molecule has 9 nitrogen and oxygen atoms in total. The third-order valence-electron chi connectivity index (χ3n) is 9.53. The van der Waals surface area contributed by atoms with Gasteiger partial charge >= 0.3 is 24.5 Å². The number of hydrogen-bond acceptors (Lipinski definition) is 8. The standard InChI is InChI=1S/C36H41F9N4O5S.ClH/c1-4-48(20-24-7-5-23(6-8-24)13-32(50)51)31-10-9-27(34(37,38)39)16-26(31)21-49(33-46-18-30(19-47-33)54-11-12-55(3,52)53)22(2)25-14-28(35(40,41)42)17-29(15-25)36(43,44)45;/h9-10,14-19,22-24H,4-8,11-13,20-21H2,1-3H3,(H,50,51);1H. The van der Waals surface area contributed by atoms with E-state index in [1.165, 1.54) is 17.9 Å². The van der Waals surface area contributed by atoms with Gasteiger partial charge in [-0.2, -0.15) is 39.5 Å². The molecule has 1 aromatic heterocycles. The Hall–Kier alpha value is -4.00. The van der Waals surface area contributed by atoms with E-state index in [4.69, 9.17) is 4.74 Å². The number of aromatic nitrogens is 2. The van der Waals surface area contributed by atoms with Gasteiger partial charge in [-0.05, 0) is 98.9 Å². The highest BCUT2D eigenvalue weighted by Crippen LogP contribution is 2.41. The van der Waals surface area contributed by atoms with Crippen LogP contribution >= 0.6 is 12.4 Å². The molecule has 312 valence electrons. The van der Waals surface area contributed by atoms with Crippen molar-refractivity contribution in [2.75, 3.05) is 41.5 Å². The van der Waals surface area contributed by atoms with Crippen LogP contribution in [0.5, 0.6) is 5.75 Å². The molecule has 0 radical (unpaired) electrons. The second kappa shape index (κ2) is 18.5. The van der Waals surface area contributed by atoms with Gasteiger partial charge in [0.25, 0.3) is 0 Å². The number of alkyl halides is 9. The Labute approximate surface area is 324 Å². The van der Waals surface area contributed by atoms with Gasteiger partial charge in [0.2, 0.25) is 5.95 Å². The van der Waals surface area contributed by atoms with Crippen molar-refractivity contribution in [2.24, 2.45) is 11.8 Å². The molecule has 56 heavy (non-hydrogen) atoms. The molecule has 3 aromatic rings. The zero-order chi connectivity index (χ0) is 40.9. The number of rotatable bonds is 15. The predicted molar refractivity (Wildman–Crippen MR) is 193 cm³/mol. The number of nitrogens with zero attached hydrogens (tertiary/aromatic N) is 4. The first-order valence-electron chi connectivity index (χ1n) is 17.3. The topological polar surface area (TPSA) is 113 Å². The summed E-state index contributed by atoms with van der Waals surface area (Å²) in [5.74, 6) is -1.48. The van der Waals surface area contributed by atoms with E-state index in [1.54, 1.807) is 6.92 Å². The van der Waals surface area contributed by atoms with Crippen LogP contribution in [-0.4, -0.2) is 61.2 Å². The SMILES string of the molecule is CCN(CC1CCC(CC(=O)O)CC1)c1ccc(C(F)(F)F)cc1CN(c1ncc(OCCS(C)(=O)=O)cn1)C(C)c1cc(C(F)(F)F)cc(C(F)(F)F)c1.Cl. The summed E-state index contributed by atoms with van der Waals surface area (Å²) in [6.07, 6.45) is -9.27. The number of benzene rings is 2. The largest absolute Gasteiger partial charge is 0.489 e. The minimum Gasteiger partial charge on any atom is -0.489 e. The summed E-state index contributed by atoms with van der Waals surface area (Å²) >= 11 is 0. The van der Waals surface area contributed by atoms with E-state index in [2.05, 4.69) is 9.97 Å². The molecule has 1 aliphatic carbocycles. The highest BCUT2D eigenvalue weighted by atomic mass is 35.5.